The molecule has 3 N–H and O–H groups in total. The Labute approximate surface area is 116 Å². The van der Waals surface area contributed by atoms with Crippen LogP contribution >= 0.6 is 11.6 Å². The summed E-state index contributed by atoms with van der Waals surface area (Å²) in [5, 5.41) is 0.0626. The van der Waals surface area contributed by atoms with Crippen molar-refractivity contribution in [2.75, 3.05) is 7.11 Å². The van der Waals surface area contributed by atoms with E-state index in [1.165, 1.54) is 6.07 Å². The van der Waals surface area contributed by atoms with E-state index in [1.807, 2.05) is 24.3 Å². The predicted octanol–water partition coefficient (Wildman–Crippen LogP) is 3.04. The minimum Gasteiger partial charge on any atom is -0.496 e. The van der Waals surface area contributed by atoms with E-state index in [0.29, 0.717) is 5.75 Å². The van der Waals surface area contributed by atoms with Crippen LogP contribution in [0.25, 0.3) is 0 Å². The van der Waals surface area contributed by atoms with Gasteiger partial charge in [-0.3, -0.25) is 5.84 Å². The summed E-state index contributed by atoms with van der Waals surface area (Å²) in [4.78, 5) is 0. The van der Waals surface area contributed by atoms with Crippen molar-refractivity contribution >= 4 is 11.6 Å². The third-order valence-corrected chi connectivity index (χ3v) is 3.18. The third-order valence-electron chi connectivity index (χ3n) is 2.89. The highest BCUT2D eigenvalue weighted by Gasteiger charge is 2.17. The Kier molecular flexibility index (Phi) is 4.37. The zero-order valence-electron chi connectivity index (χ0n) is 10.4. The lowest BCUT2D eigenvalue weighted by atomic mass is 9.98. The molecule has 0 aliphatic carbocycles. The summed E-state index contributed by atoms with van der Waals surface area (Å²) in [7, 11) is 1.59. The Balaban J connectivity index is 2.46. The van der Waals surface area contributed by atoms with Crippen LogP contribution in [0, 0.1) is 5.82 Å². The van der Waals surface area contributed by atoms with Gasteiger partial charge in [0.25, 0.3) is 0 Å². The molecular formula is C14H14ClFN2O. The Bertz CT molecular complexity index is 577. The van der Waals surface area contributed by atoms with E-state index in [0.717, 1.165) is 11.1 Å². The molecule has 0 spiro atoms. The number of halogens is 2. The van der Waals surface area contributed by atoms with Gasteiger partial charge in [0.1, 0.15) is 11.6 Å². The zero-order valence-corrected chi connectivity index (χ0v) is 11.1. The lowest BCUT2D eigenvalue weighted by Gasteiger charge is -2.19. The summed E-state index contributed by atoms with van der Waals surface area (Å²) in [5.74, 6) is 5.85. The molecule has 0 radical (unpaired) electrons. The van der Waals surface area contributed by atoms with Gasteiger partial charge in [0.05, 0.1) is 18.2 Å². The smallest absolute Gasteiger partial charge is 0.141 e. The second-order valence-corrected chi connectivity index (χ2v) is 4.42. The van der Waals surface area contributed by atoms with E-state index < -0.39 is 5.82 Å². The fraction of sp³-hybridized carbons (Fsp3) is 0.143. The monoisotopic (exact) mass is 280 g/mol. The molecular weight excluding hydrogens is 267 g/mol. The highest BCUT2D eigenvalue weighted by atomic mass is 35.5. The molecule has 1 unspecified atom stereocenters. The van der Waals surface area contributed by atoms with Gasteiger partial charge in [0.15, 0.2) is 0 Å². The molecule has 0 aromatic heterocycles. The lowest BCUT2D eigenvalue weighted by molar-refractivity contribution is 0.404. The first-order valence-electron chi connectivity index (χ1n) is 5.71. The van der Waals surface area contributed by atoms with E-state index in [1.54, 1.807) is 19.2 Å². The van der Waals surface area contributed by atoms with Gasteiger partial charge in [0, 0.05) is 5.56 Å². The SMILES string of the molecule is COc1ccccc1C(NN)c1ccc(F)c(Cl)c1. The molecule has 2 aromatic rings. The molecule has 0 aliphatic heterocycles. The number of hydrazine groups is 1. The van der Waals surface area contributed by atoms with E-state index in [4.69, 9.17) is 22.2 Å². The largest absolute Gasteiger partial charge is 0.496 e. The fourth-order valence-electron chi connectivity index (χ4n) is 1.96. The number of hydrogen-bond acceptors (Lipinski definition) is 3. The number of methoxy groups -OCH3 is 1. The maximum absolute atomic E-state index is 13.2. The normalized spacial score (nSPS) is 12.2. The van der Waals surface area contributed by atoms with Crippen LogP contribution in [-0.4, -0.2) is 7.11 Å². The number of nitrogens with one attached hydrogen (secondary N) is 1. The molecule has 0 amide bonds. The lowest BCUT2D eigenvalue weighted by Crippen LogP contribution is -2.29. The van der Waals surface area contributed by atoms with Crippen molar-refractivity contribution in [3.8, 4) is 5.75 Å². The van der Waals surface area contributed by atoms with Crippen molar-refractivity contribution < 1.29 is 9.13 Å². The van der Waals surface area contributed by atoms with Crippen LogP contribution in [0.3, 0.4) is 0 Å². The summed E-state index contributed by atoms with van der Waals surface area (Å²) in [6.07, 6.45) is 0. The topological polar surface area (TPSA) is 47.3 Å². The third kappa shape index (κ3) is 2.87. The molecule has 1 atom stereocenters. The van der Waals surface area contributed by atoms with Crippen LogP contribution < -0.4 is 16.0 Å². The molecule has 3 nitrogen and oxygen atoms in total. The number of benzene rings is 2. The average molecular weight is 281 g/mol. The molecule has 2 aromatic carbocycles. The molecule has 0 aliphatic rings. The first-order chi connectivity index (χ1) is 9.17. The quantitative estimate of drug-likeness (QED) is 0.668. The van der Waals surface area contributed by atoms with Gasteiger partial charge in [-0.05, 0) is 23.8 Å². The second kappa shape index (κ2) is 6.02. The summed E-state index contributed by atoms with van der Waals surface area (Å²) < 4.78 is 18.5. The molecule has 5 heteroatoms. The van der Waals surface area contributed by atoms with Gasteiger partial charge in [-0.1, -0.05) is 35.9 Å². The highest BCUT2D eigenvalue weighted by Crippen LogP contribution is 2.30. The van der Waals surface area contributed by atoms with Gasteiger partial charge in [-0.15, -0.1) is 0 Å². The Morgan fingerprint density at radius 1 is 1.26 bits per heavy atom. The van der Waals surface area contributed by atoms with Crippen LogP contribution in [0.2, 0.25) is 5.02 Å². The Morgan fingerprint density at radius 2 is 2.00 bits per heavy atom. The van der Waals surface area contributed by atoms with Crippen molar-refractivity contribution in [2.24, 2.45) is 5.84 Å². The van der Waals surface area contributed by atoms with Gasteiger partial charge < -0.3 is 4.74 Å². The van der Waals surface area contributed by atoms with Crippen molar-refractivity contribution in [3.63, 3.8) is 0 Å². The number of hydrogen-bond donors (Lipinski definition) is 2. The van der Waals surface area contributed by atoms with E-state index in [9.17, 15) is 4.39 Å². The highest BCUT2D eigenvalue weighted by molar-refractivity contribution is 6.30. The second-order valence-electron chi connectivity index (χ2n) is 4.02. The van der Waals surface area contributed by atoms with E-state index in [-0.39, 0.29) is 11.1 Å². The molecule has 0 bridgehead atoms. The summed E-state index contributed by atoms with van der Waals surface area (Å²) in [6, 6.07) is 11.7. The number of ether oxygens (including phenoxy) is 1. The van der Waals surface area contributed by atoms with E-state index in [2.05, 4.69) is 5.43 Å². The van der Waals surface area contributed by atoms with Crippen molar-refractivity contribution in [3.05, 3.63) is 64.4 Å². The maximum Gasteiger partial charge on any atom is 0.141 e. The standard InChI is InChI=1S/C14H14ClFN2O/c1-19-13-5-3-2-4-10(13)14(18-17)9-6-7-12(16)11(15)8-9/h2-8,14,18H,17H2,1H3. The molecule has 2 rings (SSSR count). The van der Waals surface area contributed by atoms with Crippen molar-refractivity contribution in [1.82, 2.24) is 5.43 Å². The van der Waals surface area contributed by atoms with Crippen molar-refractivity contribution in [1.29, 1.82) is 0 Å². The summed E-state index contributed by atoms with van der Waals surface area (Å²) in [6.45, 7) is 0. The molecule has 0 fully saturated rings. The molecule has 19 heavy (non-hydrogen) atoms. The average Bonchev–Trinajstić information content (AvgIpc) is 2.44. The minimum atomic E-state index is -0.457. The summed E-state index contributed by atoms with van der Waals surface area (Å²) >= 11 is 5.80. The van der Waals surface area contributed by atoms with Gasteiger partial charge in [0.2, 0.25) is 0 Å². The summed E-state index contributed by atoms with van der Waals surface area (Å²) in [5.41, 5.74) is 4.31. The zero-order chi connectivity index (χ0) is 13.8. The molecule has 0 heterocycles. The van der Waals surface area contributed by atoms with Crippen LogP contribution in [0.4, 0.5) is 4.39 Å². The van der Waals surface area contributed by atoms with Crippen LogP contribution in [-0.2, 0) is 0 Å². The van der Waals surface area contributed by atoms with Crippen LogP contribution in [0.15, 0.2) is 42.5 Å². The van der Waals surface area contributed by atoms with Crippen LogP contribution in [0.5, 0.6) is 5.75 Å². The molecule has 100 valence electrons. The van der Waals surface area contributed by atoms with Gasteiger partial charge >= 0.3 is 0 Å². The first-order valence-corrected chi connectivity index (χ1v) is 6.09. The number of rotatable bonds is 4. The first kappa shape index (κ1) is 13.8. The van der Waals surface area contributed by atoms with Gasteiger partial charge in [-0.2, -0.15) is 0 Å². The fourth-order valence-corrected chi connectivity index (χ4v) is 2.15. The Morgan fingerprint density at radius 3 is 2.63 bits per heavy atom. The molecule has 0 saturated carbocycles. The number of nitrogens with two attached hydrogens (primary N) is 1. The predicted molar refractivity (Wildman–Crippen MR) is 73.6 cm³/mol. The van der Waals surface area contributed by atoms with Crippen LogP contribution in [0.1, 0.15) is 17.2 Å². The molecule has 0 saturated heterocycles. The van der Waals surface area contributed by atoms with E-state index >= 15 is 0 Å². The maximum atomic E-state index is 13.2. The minimum absolute atomic E-state index is 0.0626. The van der Waals surface area contributed by atoms with Gasteiger partial charge in [-0.25, -0.2) is 9.82 Å². The number of para-hydroxylation sites is 1. The van der Waals surface area contributed by atoms with Crippen molar-refractivity contribution in [2.45, 2.75) is 6.04 Å². The Hall–Kier alpha value is -1.62.